The average Bonchev–Trinajstić information content (AvgIpc) is 2.64. The summed E-state index contributed by atoms with van der Waals surface area (Å²) in [5.74, 6) is -0.465. The number of halogens is 2. The first-order valence-electron chi connectivity index (χ1n) is 6.39. The molecule has 1 aromatic rings. The monoisotopic (exact) mass is 305 g/mol. The van der Waals surface area contributed by atoms with E-state index in [-0.39, 0.29) is 16.8 Å². The van der Waals surface area contributed by atoms with Gasteiger partial charge >= 0.3 is 0 Å². The molecule has 0 saturated carbocycles. The smallest absolute Gasteiger partial charge is 0.207 e. The van der Waals surface area contributed by atoms with Gasteiger partial charge in [-0.15, -0.1) is 11.6 Å². The van der Waals surface area contributed by atoms with Gasteiger partial charge in [-0.25, -0.2) is 12.8 Å². The maximum absolute atomic E-state index is 13.7. The molecule has 3 nitrogen and oxygen atoms in total. The van der Waals surface area contributed by atoms with Crippen LogP contribution < -0.4 is 0 Å². The number of nitrogens with zero attached hydrogens (tertiary/aromatic N) is 1. The van der Waals surface area contributed by atoms with Crippen LogP contribution in [0, 0.1) is 5.82 Å². The van der Waals surface area contributed by atoms with Crippen LogP contribution in [0.4, 0.5) is 4.39 Å². The minimum atomic E-state index is -3.80. The van der Waals surface area contributed by atoms with E-state index in [1.807, 2.05) is 0 Å². The van der Waals surface area contributed by atoms with Gasteiger partial charge in [-0.05, 0) is 25.0 Å². The van der Waals surface area contributed by atoms with Gasteiger partial charge in [0.1, 0.15) is 10.7 Å². The molecule has 1 saturated heterocycles. The first-order valence-corrected chi connectivity index (χ1v) is 8.37. The Bertz CT molecular complexity index is 535. The van der Waals surface area contributed by atoms with Crippen LogP contribution in [0.2, 0.25) is 0 Å². The molecule has 0 N–H and O–H groups in total. The lowest BCUT2D eigenvalue weighted by Crippen LogP contribution is -2.41. The SMILES string of the molecule is O=S(=O)(c1ccccc1F)N1CCCCCC1CCl. The molecule has 0 amide bonds. The summed E-state index contributed by atoms with van der Waals surface area (Å²) in [4.78, 5) is -0.257. The highest BCUT2D eigenvalue weighted by Crippen LogP contribution is 2.26. The summed E-state index contributed by atoms with van der Waals surface area (Å²) >= 11 is 5.88. The van der Waals surface area contributed by atoms with Crippen LogP contribution in [0.3, 0.4) is 0 Å². The molecule has 19 heavy (non-hydrogen) atoms. The van der Waals surface area contributed by atoms with Gasteiger partial charge in [0.05, 0.1) is 0 Å². The molecule has 6 heteroatoms. The van der Waals surface area contributed by atoms with Gasteiger partial charge in [-0.1, -0.05) is 25.0 Å². The third-order valence-corrected chi connectivity index (χ3v) is 5.77. The minimum absolute atomic E-state index is 0.242. The normalized spacial score (nSPS) is 22.1. The van der Waals surface area contributed by atoms with Crippen molar-refractivity contribution in [2.45, 2.75) is 36.6 Å². The van der Waals surface area contributed by atoms with Gasteiger partial charge in [-0.3, -0.25) is 0 Å². The lowest BCUT2D eigenvalue weighted by atomic mass is 10.1. The Hall–Kier alpha value is -0.650. The molecule has 1 unspecified atom stereocenters. The second-order valence-electron chi connectivity index (χ2n) is 4.70. The van der Waals surface area contributed by atoms with E-state index in [1.165, 1.54) is 28.6 Å². The van der Waals surface area contributed by atoms with Crippen molar-refractivity contribution in [2.75, 3.05) is 12.4 Å². The van der Waals surface area contributed by atoms with Crippen LogP contribution in [0.5, 0.6) is 0 Å². The molecule has 0 radical (unpaired) electrons. The molecule has 1 heterocycles. The molecule has 0 aromatic heterocycles. The summed E-state index contributed by atoms with van der Waals surface area (Å²) < 4.78 is 40.2. The van der Waals surface area contributed by atoms with Gasteiger partial charge in [0.15, 0.2) is 0 Å². The summed E-state index contributed by atoms with van der Waals surface area (Å²) in [6.45, 7) is 0.411. The summed E-state index contributed by atoms with van der Waals surface area (Å²) in [5.41, 5.74) is 0. The standard InChI is InChI=1S/C13H17ClFNO2S/c14-10-11-6-2-1-5-9-16(11)19(17,18)13-8-4-3-7-12(13)15/h3-4,7-8,11H,1-2,5-6,9-10H2. The molecule has 1 aliphatic heterocycles. The first kappa shape index (κ1) is 14.8. The molecule has 106 valence electrons. The van der Waals surface area contributed by atoms with E-state index in [9.17, 15) is 12.8 Å². The molecular formula is C13H17ClFNO2S. The van der Waals surface area contributed by atoms with Crippen molar-refractivity contribution in [1.82, 2.24) is 4.31 Å². The summed E-state index contributed by atoms with van der Waals surface area (Å²) in [5, 5.41) is 0. The molecule has 1 aliphatic rings. The van der Waals surface area contributed by atoms with E-state index < -0.39 is 15.8 Å². The fraction of sp³-hybridized carbons (Fsp3) is 0.538. The lowest BCUT2D eigenvalue weighted by molar-refractivity contribution is 0.343. The highest BCUT2D eigenvalue weighted by molar-refractivity contribution is 7.89. The van der Waals surface area contributed by atoms with Crippen molar-refractivity contribution in [3.8, 4) is 0 Å². The largest absolute Gasteiger partial charge is 0.246 e. The third-order valence-electron chi connectivity index (χ3n) is 3.42. The maximum atomic E-state index is 13.7. The fourth-order valence-electron chi connectivity index (χ4n) is 2.40. The van der Waals surface area contributed by atoms with Gasteiger partial charge in [0, 0.05) is 18.5 Å². The number of alkyl halides is 1. The number of sulfonamides is 1. The average molecular weight is 306 g/mol. The summed E-state index contributed by atoms with van der Waals surface area (Å²) in [6, 6.07) is 5.24. The number of hydrogen-bond donors (Lipinski definition) is 0. The Morgan fingerprint density at radius 3 is 2.68 bits per heavy atom. The Morgan fingerprint density at radius 2 is 2.00 bits per heavy atom. The molecule has 1 aromatic carbocycles. The van der Waals surface area contributed by atoms with E-state index in [2.05, 4.69) is 0 Å². The van der Waals surface area contributed by atoms with Gasteiger partial charge in [-0.2, -0.15) is 4.31 Å². The zero-order chi connectivity index (χ0) is 13.9. The Labute approximate surface area is 118 Å². The van der Waals surface area contributed by atoms with Crippen molar-refractivity contribution >= 4 is 21.6 Å². The second-order valence-corrected chi connectivity index (χ2v) is 6.87. The molecule has 0 spiro atoms. The summed E-state index contributed by atoms with van der Waals surface area (Å²) in [7, 11) is -3.80. The van der Waals surface area contributed by atoms with E-state index in [0.717, 1.165) is 25.7 Å². The molecule has 1 fully saturated rings. The van der Waals surface area contributed by atoms with Crippen LogP contribution >= 0.6 is 11.6 Å². The van der Waals surface area contributed by atoms with Crippen molar-refractivity contribution in [3.05, 3.63) is 30.1 Å². The minimum Gasteiger partial charge on any atom is -0.207 e. The highest BCUT2D eigenvalue weighted by Gasteiger charge is 2.33. The first-order chi connectivity index (χ1) is 9.07. The molecule has 2 rings (SSSR count). The van der Waals surface area contributed by atoms with Crippen molar-refractivity contribution in [3.63, 3.8) is 0 Å². The Morgan fingerprint density at radius 1 is 1.26 bits per heavy atom. The highest BCUT2D eigenvalue weighted by atomic mass is 35.5. The van der Waals surface area contributed by atoms with Gasteiger partial charge < -0.3 is 0 Å². The van der Waals surface area contributed by atoms with Gasteiger partial charge in [0.2, 0.25) is 10.0 Å². The Kier molecular flexibility index (Phi) is 4.81. The van der Waals surface area contributed by atoms with Crippen molar-refractivity contribution in [2.24, 2.45) is 0 Å². The topological polar surface area (TPSA) is 37.4 Å². The molecule has 1 atom stereocenters. The van der Waals surface area contributed by atoms with Crippen LogP contribution in [0.25, 0.3) is 0 Å². The van der Waals surface area contributed by atoms with E-state index in [4.69, 9.17) is 11.6 Å². The van der Waals surface area contributed by atoms with Crippen molar-refractivity contribution < 1.29 is 12.8 Å². The van der Waals surface area contributed by atoms with Crippen LogP contribution in [-0.4, -0.2) is 31.2 Å². The molecule has 0 bridgehead atoms. The number of benzene rings is 1. The van der Waals surface area contributed by atoms with Crippen molar-refractivity contribution in [1.29, 1.82) is 0 Å². The van der Waals surface area contributed by atoms with Crippen LogP contribution in [-0.2, 0) is 10.0 Å². The van der Waals surface area contributed by atoms with E-state index >= 15 is 0 Å². The Balaban J connectivity index is 2.39. The predicted molar refractivity (Wildman–Crippen MR) is 73.3 cm³/mol. The zero-order valence-corrected chi connectivity index (χ0v) is 12.1. The summed E-state index contributed by atoms with van der Waals surface area (Å²) in [6.07, 6.45) is 3.47. The zero-order valence-electron chi connectivity index (χ0n) is 10.6. The van der Waals surface area contributed by atoms with Crippen LogP contribution in [0.1, 0.15) is 25.7 Å². The number of hydrogen-bond acceptors (Lipinski definition) is 2. The van der Waals surface area contributed by atoms with Gasteiger partial charge in [0.25, 0.3) is 0 Å². The second kappa shape index (κ2) is 6.20. The third kappa shape index (κ3) is 3.09. The fourth-order valence-corrected chi connectivity index (χ4v) is 4.56. The van der Waals surface area contributed by atoms with E-state index in [0.29, 0.717) is 6.54 Å². The quantitative estimate of drug-likeness (QED) is 0.805. The molecule has 0 aliphatic carbocycles. The lowest BCUT2D eigenvalue weighted by Gasteiger charge is -2.27. The van der Waals surface area contributed by atoms with E-state index in [1.54, 1.807) is 0 Å². The maximum Gasteiger partial charge on any atom is 0.246 e. The number of rotatable bonds is 3. The predicted octanol–water partition coefficient (Wildman–Crippen LogP) is 3.00. The van der Waals surface area contributed by atoms with Crippen LogP contribution in [0.15, 0.2) is 29.2 Å². The molecular weight excluding hydrogens is 289 g/mol.